The Hall–Kier alpha value is -3.09. The van der Waals surface area contributed by atoms with Crippen LogP contribution in [0.3, 0.4) is 0 Å². The minimum atomic E-state index is -0.414. The van der Waals surface area contributed by atoms with E-state index in [9.17, 15) is 15.0 Å². The summed E-state index contributed by atoms with van der Waals surface area (Å²) in [5, 5.41) is 23.3. The number of phenolic OH excluding ortho intramolecular Hbond substituents is 2. The van der Waals surface area contributed by atoms with Crippen LogP contribution in [-0.4, -0.2) is 33.9 Å². The lowest BCUT2D eigenvalue weighted by molar-refractivity contribution is 0.0955. The summed E-state index contributed by atoms with van der Waals surface area (Å²) in [4.78, 5) is 15.6. The Balaban J connectivity index is 2.12. The van der Waals surface area contributed by atoms with Gasteiger partial charge in [-0.1, -0.05) is 0 Å². The third-order valence-corrected chi connectivity index (χ3v) is 2.70. The maximum atomic E-state index is 11.8. The highest BCUT2D eigenvalue weighted by atomic mass is 16.5. The van der Waals surface area contributed by atoms with Crippen LogP contribution in [0.25, 0.3) is 0 Å². The van der Waals surface area contributed by atoms with Gasteiger partial charge in [-0.15, -0.1) is 0 Å². The number of hydrogen-bond donors (Lipinski definition) is 3. The molecule has 1 aromatic heterocycles. The molecule has 0 aliphatic carbocycles. The number of nitrogens with one attached hydrogen (secondary N) is 1. The number of carbonyl (C=O) groups is 1. The van der Waals surface area contributed by atoms with Gasteiger partial charge in [0.1, 0.15) is 5.75 Å². The average Bonchev–Trinajstić information content (AvgIpc) is 2.52. The van der Waals surface area contributed by atoms with Crippen molar-refractivity contribution in [1.29, 1.82) is 0 Å². The maximum Gasteiger partial charge on any atom is 0.271 e. The lowest BCUT2D eigenvalue weighted by Crippen LogP contribution is -2.17. The molecule has 1 amide bonds. The van der Waals surface area contributed by atoms with Gasteiger partial charge in [0.2, 0.25) is 0 Å². The largest absolute Gasteiger partial charge is 0.508 e. The molecule has 0 fully saturated rings. The fraction of sp³-hybridized carbons (Fsp3) is 0.133. The maximum absolute atomic E-state index is 11.8. The molecule has 1 aromatic carbocycles. The second kappa shape index (κ2) is 7.07. The number of aromatic nitrogens is 1. The summed E-state index contributed by atoms with van der Waals surface area (Å²) >= 11 is 0. The van der Waals surface area contributed by atoms with E-state index in [1.165, 1.54) is 30.7 Å². The fourth-order valence-corrected chi connectivity index (χ4v) is 1.71. The number of phenols is 2. The van der Waals surface area contributed by atoms with Crippen molar-refractivity contribution >= 4 is 12.1 Å². The van der Waals surface area contributed by atoms with Crippen molar-refractivity contribution in [2.45, 2.75) is 6.92 Å². The Bertz CT molecular complexity index is 687. The summed E-state index contributed by atoms with van der Waals surface area (Å²) in [5.74, 6) is -0.516. The van der Waals surface area contributed by atoms with E-state index in [1.54, 1.807) is 19.1 Å². The zero-order chi connectivity index (χ0) is 15.9. The zero-order valence-electron chi connectivity index (χ0n) is 11.9. The van der Waals surface area contributed by atoms with Crippen LogP contribution in [0.5, 0.6) is 17.2 Å². The molecule has 0 bridgehead atoms. The van der Waals surface area contributed by atoms with Crippen LogP contribution in [0.15, 0.2) is 41.8 Å². The molecule has 1 heterocycles. The van der Waals surface area contributed by atoms with Crippen molar-refractivity contribution in [3.8, 4) is 17.2 Å². The summed E-state index contributed by atoms with van der Waals surface area (Å²) in [6, 6.07) is 5.69. The van der Waals surface area contributed by atoms with Crippen LogP contribution in [0, 0.1) is 0 Å². The lowest BCUT2D eigenvalue weighted by atomic mass is 10.2. The topological polar surface area (TPSA) is 104 Å². The Morgan fingerprint density at radius 2 is 2.09 bits per heavy atom. The molecule has 114 valence electrons. The number of ether oxygens (including phenoxy) is 1. The SMILES string of the molecule is CCOc1cc(O)cc(/C=N/NC(=O)c2ccncc2)c1O. The van der Waals surface area contributed by atoms with Crippen molar-refractivity contribution in [3.05, 3.63) is 47.8 Å². The van der Waals surface area contributed by atoms with Crippen molar-refractivity contribution in [1.82, 2.24) is 10.4 Å². The molecule has 2 rings (SSSR count). The first-order valence-corrected chi connectivity index (χ1v) is 6.54. The Morgan fingerprint density at radius 3 is 2.77 bits per heavy atom. The van der Waals surface area contributed by atoms with E-state index in [-0.39, 0.29) is 22.8 Å². The number of hydrazone groups is 1. The summed E-state index contributed by atoms with van der Waals surface area (Å²) in [6.45, 7) is 2.10. The number of hydrogen-bond acceptors (Lipinski definition) is 6. The molecular formula is C15H15N3O4. The van der Waals surface area contributed by atoms with Gasteiger partial charge in [-0.05, 0) is 25.1 Å². The minimum Gasteiger partial charge on any atom is -0.508 e. The number of rotatable bonds is 5. The highest BCUT2D eigenvalue weighted by molar-refractivity contribution is 5.95. The smallest absolute Gasteiger partial charge is 0.271 e. The van der Waals surface area contributed by atoms with E-state index < -0.39 is 5.91 Å². The van der Waals surface area contributed by atoms with Gasteiger partial charge in [-0.3, -0.25) is 9.78 Å². The van der Waals surface area contributed by atoms with E-state index in [0.717, 1.165) is 0 Å². The quantitative estimate of drug-likeness (QED) is 0.442. The predicted octanol–water partition coefficient (Wildman–Crippen LogP) is 1.66. The first-order valence-electron chi connectivity index (χ1n) is 6.54. The van der Waals surface area contributed by atoms with Crippen LogP contribution >= 0.6 is 0 Å². The van der Waals surface area contributed by atoms with Crippen LogP contribution < -0.4 is 10.2 Å². The molecule has 0 aliphatic rings. The van der Waals surface area contributed by atoms with Gasteiger partial charge in [0, 0.05) is 29.6 Å². The second-order valence-electron chi connectivity index (χ2n) is 4.25. The lowest BCUT2D eigenvalue weighted by Gasteiger charge is -2.08. The van der Waals surface area contributed by atoms with Crippen LogP contribution in [0.2, 0.25) is 0 Å². The zero-order valence-corrected chi connectivity index (χ0v) is 11.9. The number of carbonyl (C=O) groups excluding carboxylic acids is 1. The first-order chi connectivity index (χ1) is 10.6. The third-order valence-electron chi connectivity index (χ3n) is 2.70. The Kier molecular flexibility index (Phi) is 4.92. The van der Waals surface area contributed by atoms with E-state index in [0.29, 0.717) is 12.2 Å². The van der Waals surface area contributed by atoms with Crippen molar-refractivity contribution < 1.29 is 19.7 Å². The molecule has 0 unspecified atom stereocenters. The van der Waals surface area contributed by atoms with Gasteiger partial charge < -0.3 is 14.9 Å². The third kappa shape index (κ3) is 3.72. The molecule has 0 saturated carbocycles. The van der Waals surface area contributed by atoms with Gasteiger partial charge in [-0.2, -0.15) is 5.10 Å². The predicted molar refractivity (Wildman–Crippen MR) is 80.2 cm³/mol. The van der Waals surface area contributed by atoms with E-state index in [1.807, 2.05) is 0 Å². The van der Waals surface area contributed by atoms with Crippen LogP contribution in [0.1, 0.15) is 22.8 Å². The summed E-state index contributed by atoms with van der Waals surface area (Å²) in [7, 11) is 0. The van der Waals surface area contributed by atoms with E-state index >= 15 is 0 Å². The molecular weight excluding hydrogens is 286 g/mol. The summed E-state index contributed by atoms with van der Waals surface area (Å²) in [5.41, 5.74) is 2.94. The number of amides is 1. The molecule has 7 heteroatoms. The first kappa shape index (κ1) is 15.3. The standard InChI is InChI=1S/C15H15N3O4/c1-2-22-13-8-12(19)7-11(14(13)20)9-17-18-15(21)10-3-5-16-6-4-10/h3-9,19-20H,2H2,1H3,(H,18,21)/b17-9+. The number of benzene rings is 1. The molecule has 0 spiro atoms. The molecule has 0 saturated heterocycles. The normalized spacial score (nSPS) is 10.6. The van der Waals surface area contributed by atoms with Gasteiger partial charge in [0.05, 0.1) is 12.8 Å². The Morgan fingerprint density at radius 1 is 1.36 bits per heavy atom. The molecule has 0 aliphatic heterocycles. The average molecular weight is 301 g/mol. The molecule has 7 nitrogen and oxygen atoms in total. The summed E-state index contributed by atoms with van der Waals surface area (Å²) in [6.07, 6.45) is 4.21. The number of pyridine rings is 1. The number of nitrogens with zero attached hydrogens (tertiary/aromatic N) is 2. The van der Waals surface area contributed by atoms with Gasteiger partial charge in [-0.25, -0.2) is 5.43 Å². The molecule has 0 radical (unpaired) electrons. The molecule has 2 aromatic rings. The fourth-order valence-electron chi connectivity index (χ4n) is 1.71. The van der Waals surface area contributed by atoms with Gasteiger partial charge in [0.15, 0.2) is 11.5 Å². The van der Waals surface area contributed by atoms with Crippen molar-refractivity contribution in [3.63, 3.8) is 0 Å². The second-order valence-corrected chi connectivity index (χ2v) is 4.25. The molecule has 0 atom stereocenters. The van der Waals surface area contributed by atoms with Gasteiger partial charge >= 0.3 is 0 Å². The van der Waals surface area contributed by atoms with Crippen LogP contribution in [-0.2, 0) is 0 Å². The van der Waals surface area contributed by atoms with Crippen molar-refractivity contribution in [2.24, 2.45) is 5.10 Å². The van der Waals surface area contributed by atoms with Crippen LogP contribution in [0.4, 0.5) is 0 Å². The van der Waals surface area contributed by atoms with E-state index in [4.69, 9.17) is 4.74 Å². The monoisotopic (exact) mass is 301 g/mol. The molecule has 22 heavy (non-hydrogen) atoms. The Labute approximate surface area is 126 Å². The summed E-state index contributed by atoms with van der Waals surface area (Å²) < 4.78 is 5.19. The minimum absolute atomic E-state index is 0.0804. The molecule has 3 N–H and O–H groups in total. The highest BCUT2D eigenvalue weighted by Gasteiger charge is 2.09. The highest BCUT2D eigenvalue weighted by Crippen LogP contribution is 2.33. The van der Waals surface area contributed by atoms with Crippen molar-refractivity contribution in [2.75, 3.05) is 6.61 Å². The van der Waals surface area contributed by atoms with Gasteiger partial charge in [0.25, 0.3) is 5.91 Å². The van der Waals surface area contributed by atoms with E-state index in [2.05, 4.69) is 15.5 Å². The number of aromatic hydroxyl groups is 2.